The SMILES string of the molecule is NC(=O)NC1(F)CC(C(=O)Nc2cnc(-n3nccn3)c(Cl)c2)=C(Cl)C=C1c1ccc(F)cc1. The molecule has 4 N–H and O–H groups in total. The first-order valence-corrected chi connectivity index (χ1v) is 10.4. The molecule has 174 valence electrons. The van der Waals surface area contributed by atoms with Crippen LogP contribution in [0, 0.1) is 5.82 Å². The second-order valence-corrected chi connectivity index (χ2v) is 7.98. The monoisotopic (exact) mass is 505 g/mol. The van der Waals surface area contributed by atoms with Crippen molar-refractivity contribution in [2.45, 2.75) is 12.2 Å². The average molecular weight is 506 g/mol. The molecule has 0 aliphatic heterocycles. The van der Waals surface area contributed by atoms with Gasteiger partial charge in [0.1, 0.15) is 5.82 Å². The van der Waals surface area contributed by atoms with Gasteiger partial charge in [-0.15, -0.1) is 4.80 Å². The number of aromatic nitrogens is 4. The summed E-state index contributed by atoms with van der Waals surface area (Å²) in [5.74, 6) is -3.63. The Bertz CT molecular complexity index is 1330. The third kappa shape index (κ3) is 4.75. The minimum Gasteiger partial charge on any atom is -0.352 e. The van der Waals surface area contributed by atoms with Crippen LogP contribution < -0.4 is 16.4 Å². The van der Waals surface area contributed by atoms with E-state index in [0.29, 0.717) is 0 Å². The van der Waals surface area contributed by atoms with Crippen molar-refractivity contribution in [3.8, 4) is 5.82 Å². The molecule has 34 heavy (non-hydrogen) atoms. The van der Waals surface area contributed by atoms with Gasteiger partial charge in [0.2, 0.25) is 5.79 Å². The van der Waals surface area contributed by atoms with Crippen LogP contribution in [0.25, 0.3) is 11.4 Å². The van der Waals surface area contributed by atoms with Crippen LogP contribution in [0.5, 0.6) is 0 Å². The molecule has 13 heteroatoms. The smallest absolute Gasteiger partial charge is 0.314 e. The zero-order valence-electron chi connectivity index (χ0n) is 17.1. The number of primary amides is 1. The number of nitrogens with zero attached hydrogens (tertiary/aromatic N) is 4. The standard InChI is InChI=1S/C21H15Cl2F2N7O2/c22-16-8-15(11-1-3-12(24)4-2-11)21(25,31-20(26)34)9-14(16)19(33)30-13-7-17(23)18(27-10-13)32-28-5-6-29-32/h1-8,10H,9H2,(H,30,33)(H3,26,31,34). The van der Waals surface area contributed by atoms with Gasteiger partial charge in [-0.1, -0.05) is 35.3 Å². The van der Waals surface area contributed by atoms with Crippen LogP contribution in [0.1, 0.15) is 12.0 Å². The van der Waals surface area contributed by atoms with Gasteiger partial charge >= 0.3 is 6.03 Å². The van der Waals surface area contributed by atoms with E-state index in [4.69, 9.17) is 28.9 Å². The molecule has 1 aromatic carbocycles. The maximum atomic E-state index is 16.0. The minimum absolute atomic E-state index is 0.0761. The molecule has 3 aromatic rings. The normalized spacial score (nSPS) is 17.8. The average Bonchev–Trinajstić information content (AvgIpc) is 3.30. The fraction of sp³-hybridized carbons (Fsp3) is 0.0952. The summed E-state index contributed by atoms with van der Waals surface area (Å²) in [5.41, 5.74) is 5.35. The predicted molar refractivity (Wildman–Crippen MR) is 121 cm³/mol. The second kappa shape index (κ2) is 9.20. The lowest BCUT2D eigenvalue weighted by atomic mass is 9.86. The molecule has 0 fully saturated rings. The van der Waals surface area contributed by atoms with Crippen molar-refractivity contribution in [2.24, 2.45) is 5.73 Å². The Balaban J connectivity index is 1.64. The molecule has 1 aliphatic rings. The Morgan fingerprint density at radius 3 is 2.44 bits per heavy atom. The maximum absolute atomic E-state index is 16.0. The van der Waals surface area contributed by atoms with Gasteiger partial charge in [-0.2, -0.15) is 10.2 Å². The van der Waals surface area contributed by atoms with Crippen molar-refractivity contribution in [3.05, 3.63) is 82.0 Å². The molecular weight excluding hydrogens is 491 g/mol. The van der Waals surface area contributed by atoms with Crippen molar-refractivity contribution in [2.75, 3.05) is 5.32 Å². The molecule has 1 atom stereocenters. The van der Waals surface area contributed by atoms with E-state index in [2.05, 4.69) is 20.5 Å². The number of carbonyl (C=O) groups is 2. The van der Waals surface area contributed by atoms with E-state index in [1.807, 2.05) is 5.32 Å². The van der Waals surface area contributed by atoms with Gasteiger partial charge in [-0.25, -0.2) is 18.6 Å². The number of hydrogen-bond acceptors (Lipinski definition) is 5. The fourth-order valence-corrected chi connectivity index (χ4v) is 3.87. The second-order valence-electron chi connectivity index (χ2n) is 7.16. The number of urea groups is 1. The van der Waals surface area contributed by atoms with Gasteiger partial charge in [0.15, 0.2) is 5.82 Å². The molecule has 0 saturated heterocycles. The number of pyridine rings is 1. The van der Waals surface area contributed by atoms with Crippen LogP contribution in [0.2, 0.25) is 5.02 Å². The van der Waals surface area contributed by atoms with Gasteiger partial charge in [0, 0.05) is 22.6 Å². The van der Waals surface area contributed by atoms with Gasteiger partial charge in [-0.05, 0) is 29.8 Å². The first kappa shape index (κ1) is 23.3. The molecule has 3 amide bonds. The third-order valence-electron chi connectivity index (χ3n) is 4.85. The fourth-order valence-electron chi connectivity index (χ4n) is 3.37. The number of halogens is 4. The van der Waals surface area contributed by atoms with E-state index < -0.39 is 30.0 Å². The largest absolute Gasteiger partial charge is 0.352 e. The summed E-state index contributed by atoms with van der Waals surface area (Å²) >= 11 is 12.5. The number of amides is 3. The molecule has 9 nitrogen and oxygen atoms in total. The number of nitrogens with two attached hydrogens (primary N) is 1. The molecule has 0 spiro atoms. The first-order valence-electron chi connectivity index (χ1n) is 9.63. The summed E-state index contributed by atoms with van der Waals surface area (Å²) in [6.07, 6.45) is 4.75. The zero-order chi connectivity index (χ0) is 24.5. The van der Waals surface area contributed by atoms with Crippen LogP contribution in [-0.4, -0.2) is 37.7 Å². The molecule has 1 unspecified atom stereocenters. The van der Waals surface area contributed by atoms with Gasteiger partial charge in [0.25, 0.3) is 5.91 Å². The van der Waals surface area contributed by atoms with Gasteiger partial charge in [-0.3, -0.25) is 4.79 Å². The van der Waals surface area contributed by atoms with Crippen molar-refractivity contribution >= 4 is 46.4 Å². The Hall–Kier alpha value is -3.83. The highest BCUT2D eigenvalue weighted by Crippen LogP contribution is 2.41. The highest BCUT2D eigenvalue weighted by Gasteiger charge is 2.42. The summed E-state index contributed by atoms with van der Waals surface area (Å²) in [6, 6.07) is 5.13. The number of benzene rings is 1. The number of alkyl halides is 1. The summed E-state index contributed by atoms with van der Waals surface area (Å²) < 4.78 is 29.3. The third-order valence-corrected chi connectivity index (χ3v) is 5.46. The molecule has 2 heterocycles. The first-order chi connectivity index (χ1) is 16.2. The van der Waals surface area contributed by atoms with Crippen molar-refractivity contribution in [1.82, 2.24) is 25.3 Å². The van der Waals surface area contributed by atoms with Crippen LogP contribution in [0.3, 0.4) is 0 Å². The van der Waals surface area contributed by atoms with E-state index >= 15 is 4.39 Å². The maximum Gasteiger partial charge on any atom is 0.314 e. The van der Waals surface area contributed by atoms with E-state index in [9.17, 15) is 14.0 Å². The number of carbonyl (C=O) groups excluding carboxylic acids is 2. The molecule has 0 saturated carbocycles. The van der Waals surface area contributed by atoms with Gasteiger partial charge < -0.3 is 16.4 Å². The van der Waals surface area contributed by atoms with E-state index in [1.165, 1.54) is 47.7 Å². The van der Waals surface area contributed by atoms with Gasteiger partial charge in [0.05, 0.1) is 29.3 Å². The Morgan fingerprint density at radius 1 is 1.15 bits per heavy atom. The van der Waals surface area contributed by atoms with Crippen LogP contribution >= 0.6 is 23.2 Å². The summed E-state index contributed by atoms with van der Waals surface area (Å²) in [6.45, 7) is 0. The predicted octanol–water partition coefficient (Wildman–Crippen LogP) is 3.71. The van der Waals surface area contributed by atoms with Crippen molar-refractivity contribution < 1.29 is 18.4 Å². The van der Waals surface area contributed by atoms with Crippen LogP contribution in [-0.2, 0) is 4.79 Å². The Morgan fingerprint density at radius 2 is 1.82 bits per heavy atom. The Labute approximate surface area is 201 Å². The summed E-state index contributed by atoms with van der Waals surface area (Å²) in [5, 5.41) is 12.5. The van der Waals surface area contributed by atoms with E-state index in [0.717, 1.165) is 12.1 Å². The highest BCUT2D eigenvalue weighted by atomic mass is 35.5. The molecule has 1 aliphatic carbocycles. The molecule has 4 rings (SSSR count). The summed E-state index contributed by atoms with van der Waals surface area (Å²) in [7, 11) is 0. The minimum atomic E-state index is -2.58. The van der Waals surface area contributed by atoms with Crippen molar-refractivity contribution in [3.63, 3.8) is 0 Å². The van der Waals surface area contributed by atoms with Crippen LogP contribution in [0.15, 0.2) is 65.6 Å². The number of allylic oxidation sites excluding steroid dienone is 2. The number of hydrogen-bond donors (Lipinski definition) is 3. The lowest BCUT2D eigenvalue weighted by Crippen LogP contribution is -2.50. The van der Waals surface area contributed by atoms with Crippen molar-refractivity contribution in [1.29, 1.82) is 0 Å². The molecule has 2 aromatic heterocycles. The number of rotatable bonds is 5. The topological polar surface area (TPSA) is 128 Å². The molecule has 0 radical (unpaired) electrons. The Kier molecular flexibility index (Phi) is 6.31. The zero-order valence-corrected chi connectivity index (χ0v) is 18.6. The number of anilines is 1. The lowest BCUT2D eigenvalue weighted by Gasteiger charge is -2.33. The molecule has 0 bridgehead atoms. The quantitative estimate of drug-likeness (QED) is 0.455. The summed E-state index contributed by atoms with van der Waals surface area (Å²) in [4.78, 5) is 29.8. The lowest BCUT2D eigenvalue weighted by molar-refractivity contribution is -0.113. The highest BCUT2D eigenvalue weighted by molar-refractivity contribution is 6.35. The number of nitrogens with one attached hydrogen (secondary N) is 2. The van der Waals surface area contributed by atoms with E-state index in [-0.39, 0.29) is 38.3 Å². The van der Waals surface area contributed by atoms with Crippen LogP contribution in [0.4, 0.5) is 19.3 Å². The van der Waals surface area contributed by atoms with E-state index in [1.54, 1.807) is 0 Å². The molecular formula is C21H15Cl2F2N7O2.